The lowest BCUT2D eigenvalue weighted by molar-refractivity contribution is -0.156. The van der Waals surface area contributed by atoms with Gasteiger partial charge in [0.05, 0.1) is 11.0 Å². The van der Waals surface area contributed by atoms with Crippen LogP contribution in [-0.2, 0) is 14.2 Å². The van der Waals surface area contributed by atoms with Gasteiger partial charge in [-0.05, 0) is 19.9 Å². The second-order valence-electron chi connectivity index (χ2n) is 4.21. The summed E-state index contributed by atoms with van der Waals surface area (Å²) in [4.78, 5) is 0. The fourth-order valence-corrected chi connectivity index (χ4v) is 2.25. The Morgan fingerprint density at radius 2 is 2.33 bits per heavy atom. The first-order valence-corrected chi connectivity index (χ1v) is 6.47. The third kappa shape index (κ3) is 2.46. The molecule has 2 aliphatic rings. The van der Waals surface area contributed by atoms with Crippen molar-refractivity contribution in [2.45, 2.75) is 37.9 Å². The molecule has 0 spiro atoms. The van der Waals surface area contributed by atoms with Crippen LogP contribution in [-0.4, -0.2) is 40.2 Å². The lowest BCUT2D eigenvalue weighted by atomic mass is 10.1. The summed E-state index contributed by atoms with van der Waals surface area (Å²) >= 11 is 2.20. The van der Waals surface area contributed by atoms with Gasteiger partial charge in [0.25, 0.3) is 0 Å². The largest absolute Gasteiger partial charge is 0.488 e. The molecule has 1 fully saturated rings. The Morgan fingerprint density at radius 3 is 2.80 bits per heavy atom. The van der Waals surface area contributed by atoms with E-state index in [4.69, 9.17) is 14.2 Å². The Morgan fingerprint density at radius 1 is 1.60 bits per heavy atom. The van der Waals surface area contributed by atoms with Gasteiger partial charge in [0.15, 0.2) is 11.9 Å². The zero-order chi connectivity index (χ0) is 11.1. The SMILES string of the molecule is CC1(C)OC[C@H]([C@H]2OC(CI)=C[C@H]2O)O1. The predicted octanol–water partition coefficient (Wildman–Crippen LogP) is 1.22. The van der Waals surface area contributed by atoms with Crippen molar-refractivity contribution in [1.29, 1.82) is 0 Å². The van der Waals surface area contributed by atoms with Crippen LogP contribution in [0.1, 0.15) is 13.8 Å². The maximum absolute atomic E-state index is 9.78. The lowest BCUT2D eigenvalue weighted by Crippen LogP contribution is -2.37. The Kier molecular flexibility index (Phi) is 3.25. The first-order chi connectivity index (χ1) is 7.02. The third-order valence-electron chi connectivity index (χ3n) is 2.51. The normalized spacial score (nSPS) is 38.9. The fourth-order valence-electron chi connectivity index (χ4n) is 1.82. The summed E-state index contributed by atoms with van der Waals surface area (Å²) in [6, 6.07) is 0. The highest BCUT2D eigenvalue weighted by Crippen LogP contribution is 2.31. The van der Waals surface area contributed by atoms with Gasteiger partial charge in [-0.15, -0.1) is 0 Å². The summed E-state index contributed by atoms with van der Waals surface area (Å²) in [6.07, 6.45) is 0.645. The average molecular weight is 326 g/mol. The molecule has 0 saturated carbocycles. The van der Waals surface area contributed by atoms with E-state index in [-0.39, 0.29) is 12.2 Å². The van der Waals surface area contributed by atoms with Crippen LogP contribution in [0.4, 0.5) is 0 Å². The second kappa shape index (κ2) is 4.20. The van der Waals surface area contributed by atoms with Crippen LogP contribution in [0, 0.1) is 0 Å². The molecule has 86 valence electrons. The quantitative estimate of drug-likeness (QED) is 0.612. The van der Waals surface area contributed by atoms with Crippen LogP contribution in [0.3, 0.4) is 0 Å². The van der Waals surface area contributed by atoms with Crippen LogP contribution >= 0.6 is 22.6 Å². The highest BCUT2D eigenvalue weighted by molar-refractivity contribution is 14.1. The van der Waals surface area contributed by atoms with E-state index in [9.17, 15) is 5.11 Å². The molecule has 0 aromatic carbocycles. The van der Waals surface area contributed by atoms with Crippen molar-refractivity contribution in [2.24, 2.45) is 0 Å². The van der Waals surface area contributed by atoms with Gasteiger partial charge in [0.1, 0.15) is 18.0 Å². The van der Waals surface area contributed by atoms with E-state index < -0.39 is 11.9 Å². The van der Waals surface area contributed by atoms with E-state index in [0.29, 0.717) is 6.61 Å². The van der Waals surface area contributed by atoms with Gasteiger partial charge >= 0.3 is 0 Å². The smallest absolute Gasteiger partial charge is 0.163 e. The van der Waals surface area contributed by atoms with Crippen molar-refractivity contribution in [2.75, 3.05) is 11.0 Å². The van der Waals surface area contributed by atoms with Gasteiger partial charge in [-0.1, -0.05) is 22.6 Å². The van der Waals surface area contributed by atoms with Crippen LogP contribution in [0.15, 0.2) is 11.8 Å². The summed E-state index contributed by atoms with van der Waals surface area (Å²) in [6.45, 7) is 4.19. The van der Waals surface area contributed by atoms with Gasteiger partial charge in [-0.3, -0.25) is 0 Å². The molecule has 4 nitrogen and oxygen atoms in total. The summed E-state index contributed by atoms with van der Waals surface area (Å²) in [5.41, 5.74) is 0. The molecule has 0 aromatic rings. The van der Waals surface area contributed by atoms with E-state index >= 15 is 0 Å². The minimum absolute atomic E-state index is 0.188. The highest BCUT2D eigenvalue weighted by Gasteiger charge is 2.43. The van der Waals surface area contributed by atoms with Crippen molar-refractivity contribution in [3.63, 3.8) is 0 Å². The molecule has 5 heteroatoms. The molecule has 15 heavy (non-hydrogen) atoms. The number of ether oxygens (including phenoxy) is 3. The van der Waals surface area contributed by atoms with Crippen LogP contribution in [0.2, 0.25) is 0 Å². The molecule has 3 atom stereocenters. The number of alkyl halides is 1. The van der Waals surface area contributed by atoms with Gasteiger partial charge in [0.2, 0.25) is 0 Å². The molecule has 0 radical (unpaired) electrons. The van der Waals surface area contributed by atoms with Crippen LogP contribution in [0.25, 0.3) is 0 Å². The van der Waals surface area contributed by atoms with E-state index in [2.05, 4.69) is 22.6 Å². The molecular weight excluding hydrogens is 311 g/mol. The van der Waals surface area contributed by atoms with Gasteiger partial charge in [0, 0.05) is 0 Å². The number of allylic oxidation sites excluding steroid dienone is 1. The zero-order valence-electron chi connectivity index (χ0n) is 8.77. The molecule has 2 heterocycles. The molecule has 0 unspecified atom stereocenters. The highest BCUT2D eigenvalue weighted by atomic mass is 127. The summed E-state index contributed by atoms with van der Waals surface area (Å²) in [7, 11) is 0. The van der Waals surface area contributed by atoms with E-state index in [1.807, 2.05) is 13.8 Å². The van der Waals surface area contributed by atoms with Crippen molar-refractivity contribution in [3.05, 3.63) is 11.8 Å². The van der Waals surface area contributed by atoms with Crippen molar-refractivity contribution < 1.29 is 19.3 Å². The number of hydrogen-bond donors (Lipinski definition) is 1. The average Bonchev–Trinajstić information content (AvgIpc) is 2.69. The van der Waals surface area contributed by atoms with Gasteiger partial charge in [-0.2, -0.15) is 0 Å². The number of hydrogen-bond acceptors (Lipinski definition) is 4. The molecule has 1 saturated heterocycles. The molecule has 0 amide bonds. The molecule has 2 aliphatic heterocycles. The minimum Gasteiger partial charge on any atom is -0.488 e. The molecule has 1 N–H and O–H groups in total. The van der Waals surface area contributed by atoms with Crippen molar-refractivity contribution in [3.8, 4) is 0 Å². The summed E-state index contributed by atoms with van der Waals surface area (Å²) in [5, 5.41) is 9.78. The van der Waals surface area contributed by atoms with Gasteiger partial charge in [-0.25, -0.2) is 0 Å². The molecule has 2 rings (SSSR count). The standard InChI is InChI=1S/C10H15IO4/c1-10(2)13-5-8(15-10)9-7(12)3-6(4-11)14-9/h3,7-9,12H,4-5H2,1-2H3/t7-,8-,9+/m1/s1. The maximum atomic E-state index is 9.78. The third-order valence-corrected chi connectivity index (χ3v) is 3.26. The second-order valence-corrected chi connectivity index (χ2v) is 4.97. The van der Waals surface area contributed by atoms with Crippen molar-refractivity contribution in [1.82, 2.24) is 0 Å². The minimum atomic E-state index is -0.586. The van der Waals surface area contributed by atoms with E-state index in [1.165, 1.54) is 0 Å². The monoisotopic (exact) mass is 326 g/mol. The predicted molar refractivity (Wildman–Crippen MR) is 62.8 cm³/mol. The summed E-state index contributed by atoms with van der Waals surface area (Å²) in [5.74, 6) is 0.252. The summed E-state index contributed by atoms with van der Waals surface area (Å²) < 4.78 is 17.5. The first-order valence-electron chi connectivity index (χ1n) is 4.95. The first kappa shape index (κ1) is 11.6. The lowest BCUT2D eigenvalue weighted by Gasteiger charge is -2.23. The number of rotatable bonds is 2. The molecule has 0 bridgehead atoms. The Bertz CT molecular complexity index is 277. The molecule has 0 aliphatic carbocycles. The number of halogens is 1. The molecular formula is C10H15IO4. The van der Waals surface area contributed by atoms with Crippen molar-refractivity contribution >= 4 is 22.6 Å². The molecule has 0 aromatic heterocycles. The Balaban J connectivity index is 1.97. The topological polar surface area (TPSA) is 47.9 Å². The van der Waals surface area contributed by atoms with Crippen LogP contribution in [0.5, 0.6) is 0 Å². The maximum Gasteiger partial charge on any atom is 0.163 e. The Hall–Kier alpha value is 0.150. The Labute approximate surface area is 103 Å². The van der Waals surface area contributed by atoms with Gasteiger partial charge < -0.3 is 19.3 Å². The van der Waals surface area contributed by atoms with E-state index in [0.717, 1.165) is 10.2 Å². The number of aliphatic hydroxyl groups is 1. The van der Waals surface area contributed by atoms with Crippen LogP contribution < -0.4 is 0 Å². The fraction of sp³-hybridized carbons (Fsp3) is 0.800. The zero-order valence-corrected chi connectivity index (χ0v) is 10.9. The number of aliphatic hydroxyl groups excluding tert-OH is 1. The van der Waals surface area contributed by atoms with E-state index in [1.54, 1.807) is 6.08 Å².